The summed E-state index contributed by atoms with van der Waals surface area (Å²) in [6.45, 7) is 5.10. The van der Waals surface area contributed by atoms with Gasteiger partial charge >= 0.3 is 0 Å². The summed E-state index contributed by atoms with van der Waals surface area (Å²) in [4.78, 5) is 4.32. The molecule has 0 aliphatic heterocycles. The van der Waals surface area contributed by atoms with E-state index in [-0.39, 0.29) is 6.61 Å². The highest BCUT2D eigenvalue weighted by atomic mass is 16.3. The molecule has 0 aliphatic carbocycles. The van der Waals surface area contributed by atoms with Crippen LogP contribution in [0, 0.1) is 12.8 Å². The summed E-state index contributed by atoms with van der Waals surface area (Å²) in [6.07, 6.45) is 6.63. The molecule has 0 aromatic carbocycles. The maximum atomic E-state index is 9.07. The van der Waals surface area contributed by atoms with E-state index in [1.165, 1.54) is 0 Å². The molecule has 0 radical (unpaired) electrons. The van der Waals surface area contributed by atoms with Crippen LogP contribution in [-0.2, 0) is 0 Å². The first-order valence-electron chi connectivity index (χ1n) is 6.77. The van der Waals surface area contributed by atoms with Crippen LogP contribution in [0.2, 0.25) is 0 Å². The fraction of sp³-hybridized carbons (Fsp3) is 0.615. The Balaban J connectivity index is 2.08. The molecule has 104 valence electrons. The number of nitrogens with one attached hydrogen (secondary N) is 1. The largest absolute Gasteiger partial charge is 0.396 e. The lowest BCUT2D eigenvalue weighted by Gasteiger charge is -2.16. The van der Waals surface area contributed by atoms with Crippen LogP contribution in [0.4, 0.5) is 5.82 Å². The van der Waals surface area contributed by atoms with Gasteiger partial charge in [-0.05, 0) is 25.7 Å². The Kier molecular flexibility index (Phi) is 4.68. The molecule has 2 rings (SSSR count). The minimum Gasteiger partial charge on any atom is -0.396 e. The molecule has 0 amide bonds. The standard InChI is InChI=1S/C13H21N5O/c1-3-4-11(5-8-19)9-15-12-13-17-16-10(2)18(13)7-6-14-12/h6-7,11,19H,3-5,8-9H2,1-2H3,(H,14,15). The van der Waals surface area contributed by atoms with Crippen molar-refractivity contribution in [1.82, 2.24) is 19.6 Å². The first kappa shape index (κ1) is 13.7. The van der Waals surface area contributed by atoms with Gasteiger partial charge in [0.05, 0.1) is 0 Å². The summed E-state index contributed by atoms with van der Waals surface area (Å²) in [5, 5.41) is 20.6. The predicted molar refractivity (Wildman–Crippen MR) is 74.1 cm³/mol. The topological polar surface area (TPSA) is 75.3 Å². The highest BCUT2D eigenvalue weighted by Crippen LogP contribution is 2.15. The van der Waals surface area contributed by atoms with Crippen molar-refractivity contribution in [3.05, 3.63) is 18.2 Å². The number of rotatable bonds is 7. The van der Waals surface area contributed by atoms with Crippen LogP contribution >= 0.6 is 0 Å². The van der Waals surface area contributed by atoms with Crippen LogP contribution in [0.1, 0.15) is 32.0 Å². The number of aliphatic hydroxyl groups excluding tert-OH is 1. The van der Waals surface area contributed by atoms with Crippen molar-refractivity contribution in [2.75, 3.05) is 18.5 Å². The Morgan fingerprint density at radius 2 is 2.21 bits per heavy atom. The maximum absolute atomic E-state index is 9.07. The number of aliphatic hydroxyl groups is 1. The molecule has 0 aliphatic rings. The van der Waals surface area contributed by atoms with Gasteiger partial charge in [-0.25, -0.2) is 4.98 Å². The maximum Gasteiger partial charge on any atom is 0.203 e. The van der Waals surface area contributed by atoms with E-state index >= 15 is 0 Å². The van der Waals surface area contributed by atoms with Crippen molar-refractivity contribution >= 4 is 11.5 Å². The number of anilines is 1. The van der Waals surface area contributed by atoms with E-state index < -0.39 is 0 Å². The summed E-state index contributed by atoms with van der Waals surface area (Å²) in [5.74, 6) is 2.06. The Bertz CT molecular complexity index is 519. The fourth-order valence-corrected chi connectivity index (χ4v) is 2.25. The number of fused-ring (bicyclic) bond motifs is 1. The first-order chi connectivity index (χ1) is 9.26. The second-order valence-corrected chi connectivity index (χ2v) is 4.76. The van der Waals surface area contributed by atoms with Gasteiger partial charge in [-0.1, -0.05) is 13.3 Å². The fourth-order valence-electron chi connectivity index (χ4n) is 2.25. The molecule has 0 spiro atoms. The quantitative estimate of drug-likeness (QED) is 0.794. The number of aromatic nitrogens is 4. The van der Waals surface area contributed by atoms with Gasteiger partial charge in [0.15, 0.2) is 5.82 Å². The third-order valence-corrected chi connectivity index (χ3v) is 3.29. The molecule has 2 N–H and O–H groups in total. The molecule has 0 saturated carbocycles. The molecule has 6 heteroatoms. The monoisotopic (exact) mass is 263 g/mol. The predicted octanol–water partition coefficient (Wildman–Crippen LogP) is 1.64. The zero-order valence-electron chi connectivity index (χ0n) is 11.5. The summed E-state index contributed by atoms with van der Waals surface area (Å²) in [5.41, 5.74) is 0.749. The molecule has 1 atom stereocenters. The van der Waals surface area contributed by atoms with Crippen molar-refractivity contribution in [1.29, 1.82) is 0 Å². The number of aryl methyl sites for hydroxylation is 1. The van der Waals surface area contributed by atoms with Gasteiger partial charge in [-0.15, -0.1) is 10.2 Å². The lowest BCUT2D eigenvalue weighted by atomic mass is 10.0. The minimum absolute atomic E-state index is 0.230. The van der Waals surface area contributed by atoms with Crippen molar-refractivity contribution in [3.63, 3.8) is 0 Å². The number of hydrogen-bond acceptors (Lipinski definition) is 5. The summed E-state index contributed by atoms with van der Waals surface area (Å²) >= 11 is 0. The van der Waals surface area contributed by atoms with Crippen molar-refractivity contribution in [2.45, 2.75) is 33.1 Å². The molecule has 19 heavy (non-hydrogen) atoms. The van der Waals surface area contributed by atoms with Gasteiger partial charge in [0, 0.05) is 25.5 Å². The van der Waals surface area contributed by atoms with Gasteiger partial charge in [0.25, 0.3) is 0 Å². The van der Waals surface area contributed by atoms with E-state index in [9.17, 15) is 0 Å². The highest BCUT2D eigenvalue weighted by molar-refractivity contribution is 5.61. The van der Waals surface area contributed by atoms with Gasteiger partial charge in [0.1, 0.15) is 5.82 Å². The van der Waals surface area contributed by atoms with Crippen LogP contribution < -0.4 is 5.32 Å². The van der Waals surface area contributed by atoms with Crippen LogP contribution in [0.25, 0.3) is 5.65 Å². The molecule has 1 unspecified atom stereocenters. The molecule has 2 aromatic heterocycles. The van der Waals surface area contributed by atoms with E-state index in [0.29, 0.717) is 5.92 Å². The molecule has 0 bridgehead atoms. The van der Waals surface area contributed by atoms with E-state index in [1.54, 1.807) is 6.20 Å². The molecule has 0 fully saturated rings. The van der Waals surface area contributed by atoms with E-state index in [1.807, 2.05) is 17.5 Å². The molecular formula is C13H21N5O. The Hall–Kier alpha value is -1.69. The third-order valence-electron chi connectivity index (χ3n) is 3.29. The normalized spacial score (nSPS) is 12.8. The Labute approximate surface area is 112 Å². The summed E-state index contributed by atoms with van der Waals surface area (Å²) in [6, 6.07) is 0. The average Bonchev–Trinajstić information content (AvgIpc) is 2.79. The highest BCUT2D eigenvalue weighted by Gasteiger charge is 2.11. The molecule has 6 nitrogen and oxygen atoms in total. The average molecular weight is 263 g/mol. The molecular weight excluding hydrogens is 242 g/mol. The molecule has 2 heterocycles. The van der Waals surface area contributed by atoms with E-state index in [4.69, 9.17) is 5.11 Å². The van der Waals surface area contributed by atoms with Crippen LogP contribution in [0.15, 0.2) is 12.4 Å². The van der Waals surface area contributed by atoms with Crippen molar-refractivity contribution < 1.29 is 5.11 Å². The van der Waals surface area contributed by atoms with Gasteiger partial charge in [-0.3, -0.25) is 4.40 Å². The SMILES string of the molecule is CCCC(CCO)CNc1nccn2c(C)nnc12. The van der Waals surface area contributed by atoms with Gasteiger partial charge in [0.2, 0.25) is 5.65 Å². The third kappa shape index (κ3) is 3.20. The zero-order valence-corrected chi connectivity index (χ0v) is 11.5. The lowest BCUT2D eigenvalue weighted by molar-refractivity contribution is 0.255. The van der Waals surface area contributed by atoms with Crippen molar-refractivity contribution in [2.24, 2.45) is 5.92 Å². The van der Waals surface area contributed by atoms with Gasteiger partial charge < -0.3 is 10.4 Å². The van der Waals surface area contributed by atoms with Gasteiger partial charge in [-0.2, -0.15) is 0 Å². The number of nitrogens with zero attached hydrogens (tertiary/aromatic N) is 4. The minimum atomic E-state index is 0.230. The smallest absolute Gasteiger partial charge is 0.203 e. The van der Waals surface area contributed by atoms with E-state index in [2.05, 4.69) is 27.4 Å². The lowest BCUT2D eigenvalue weighted by Crippen LogP contribution is -2.17. The second kappa shape index (κ2) is 6.47. The first-order valence-corrected chi connectivity index (χ1v) is 6.77. The van der Waals surface area contributed by atoms with E-state index in [0.717, 1.165) is 43.1 Å². The molecule has 2 aromatic rings. The van der Waals surface area contributed by atoms with Crippen molar-refractivity contribution in [3.8, 4) is 0 Å². The van der Waals surface area contributed by atoms with Crippen LogP contribution in [-0.4, -0.2) is 37.8 Å². The molecule has 0 saturated heterocycles. The van der Waals surface area contributed by atoms with Crippen LogP contribution in [0.5, 0.6) is 0 Å². The Morgan fingerprint density at radius 3 is 2.95 bits per heavy atom. The zero-order chi connectivity index (χ0) is 13.7. The summed E-state index contributed by atoms with van der Waals surface area (Å²) < 4.78 is 1.91. The number of hydrogen-bond donors (Lipinski definition) is 2. The Morgan fingerprint density at radius 1 is 1.37 bits per heavy atom. The summed E-state index contributed by atoms with van der Waals surface area (Å²) in [7, 11) is 0. The second-order valence-electron chi connectivity index (χ2n) is 4.76. The van der Waals surface area contributed by atoms with Crippen LogP contribution in [0.3, 0.4) is 0 Å².